The number of alkyl halides is 3. The molecule has 3 aromatic rings. The predicted octanol–water partition coefficient (Wildman–Crippen LogP) is 4.14. The third-order valence-electron chi connectivity index (χ3n) is 4.44. The summed E-state index contributed by atoms with van der Waals surface area (Å²) >= 11 is 0. The summed E-state index contributed by atoms with van der Waals surface area (Å²) in [5.74, 6) is -2.48. The van der Waals surface area contributed by atoms with Gasteiger partial charge in [-0.25, -0.2) is 14.3 Å². The minimum absolute atomic E-state index is 0.329. The first-order valence-electron chi connectivity index (χ1n) is 8.84. The van der Waals surface area contributed by atoms with Gasteiger partial charge in [0.25, 0.3) is 0 Å². The molecule has 10 heteroatoms. The number of para-hydroxylation sites is 1. The van der Waals surface area contributed by atoms with Crippen molar-refractivity contribution in [2.45, 2.75) is 6.18 Å². The van der Waals surface area contributed by atoms with Crippen molar-refractivity contribution in [2.75, 3.05) is 21.3 Å². The molecule has 0 atom stereocenters. The molecule has 3 rings (SSSR count). The lowest BCUT2D eigenvalue weighted by atomic mass is 9.99. The number of esters is 2. The number of hydrogen-bond donors (Lipinski definition) is 0. The van der Waals surface area contributed by atoms with Gasteiger partial charge >= 0.3 is 18.1 Å². The second-order valence-electron chi connectivity index (χ2n) is 6.18. The summed E-state index contributed by atoms with van der Waals surface area (Å²) in [6.45, 7) is 0. The van der Waals surface area contributed by atoms with Crippen molar-refractivity contribution in [1.82, 2.24) is 9.78 Å². The third-order valence-corrected chi connectivity index (χ3v) is 4.44. The SMILES string of the molecule is COC(=O)c1c(-c2cccc(OC)c2C(F)(F)F)nn(-c2ccccc2)c1C(=O)OC. The van der Waals surface area contributed by atoms with Gasteiger partial charge in [0.05, 0.1) is 27.0 Å². The fourth-order valence-corrected chi connectivity index (χ4v) is 3.13. The number of carbonyl (C=O) groups excluding carboxylic acids is 2. The molecular formula is C21H17F3N2O5. The lowest BCUT2D eigenvalue weighted by Crippen LogP contribution is -2.15. The van der Waals surface area contributed by atoms with Crippen LogP contribution in [0, 0.1) is 0 Å². The highest BCUT2D eigenvalue weighted by atomic mass is 19.4. The van der Waals surface area contributed by atoms with Crippen LogP contribution in [0.5, 0.6) is 5.75 Å². The highest BCUT2D eigenvalue weighted by Crippen LogP contribution is 2.44. The number of ether oxygens (including phenoxy) is 3. The number of halogens is 3. The molecule has 0 bridgehead atoms. The molecule has 162 valence electrons. The number of carbonyl (C=O) groups is 2. The van der Waals surface area contributed by atoms with Gasteiger partial charge < -0.3 is 14.2 Å². The van der Waals surface area contributed by atoms with E-state index in [9.17, 15) is 22.8 Å². The number of aromatic nitrogens is 2. The van der Waals surface area contributed by atoms with Crippen LogP contribution in [-0.2, 0) is 15.7 Å². The van der Waals surface area contributed by atoms with Crippen LogP contribution >= 0.6 is 0 Å². The van der Waals surface area contributed by atoms with Crippen molar-refractivity contribution < 1.29 is 37.0 Å². The van der Waals surface area contributed by atoms with E-state index in [-0.39, 0.29) is 5.69 Å². The number of hydrogen-bond acceptors (Lipinski definition) is 6. The largest absolute Gasteiger partial charge is 0.496 e. The summed E-state index contributed by atoms with van der Waals surface area (Å²) in [5.41, 5.74) is -2.49. The van der Waals surface area contributed by atoms with Gasteiger partial charge in [0.2, 0.25) is 0 Å². The molecule has 0 saturated heterocycles. The Labute approximate surface area is 175 Å². The van der Waals surface area contributed by atoms with Crippen molar-refractivity contribution in [3.05, 3.63) is 65.4 Å². The van der Waals surface area contributed by atoms with Crippen molar-refractivity contribution in [2.24, 2.45) is 0 Å². The Morgan fingerprint density at radius 1 is 0.903 bits per heavy atom. The smallest absolute Gasteiger partial charge is 0.420 e. The van der Waals surface area contributed by atoms with E-state index in [4.69, 9.17) is 14.2 Å². The van der Waals surface area contributed by atoms with Gasteiger partial charge in [-0.05, 0) is 18.2 Å². The lowest BCUT2D eigenvalue weighted by molar-refractivity contribution is -0.138. The number of methoxy groups -OCH3 is 3. The van der Waals surface area contributed by atoms with E-state index in [0.717, 1.165) is 38.1 Å². The fourth-order valence-electron chi connectivity index (χ4n) is 3.13. The fraction of sp³-hybridized carbons (Fsp3) is 0.190. The average Bonchev–Trinajstić information content (AvgIpc) is 3.18. The van der Waals surface area contributed by atoms with Crippen LogP contribution in [0.4, 0.5) is 13.2 Å². The Balaban J connectivity index is 2.46. The zero-order chi connectivity index (χ0) is 22.8. The zero-order valence-corrected chi connectivity index (χ0v) is 16.7. The Hall–Kier alpha value is -3.82. The van der Waals surface area contributed by atoms with Crippen LogP contribution in [0.15, 0.2) is 48.5 Å². The van der Waals surface area contributed by atoms with Crippen LogP contribution in [-0.4, -0.2) is 43.0 Å². The van der Waals surface area contributed by atoms with Crippen LogP contribution < -0.4 is 4.74 Å². The zero-order valence-electron chi connectivity index (χ0n) is 16.7. The molecule has 0 radical (unpaired) electrons. The average molecular weight is 434 g/mol. The highest BCUT2D eigenvalue weighted by Gasteiger charge is 2.40. The molecule has 0 aliphatic rings. The standard InChI is InChI=1S/C21H17F3N2O5/c1-29-14-11-7-10-13(16(14)21(22,23)24)17-15(19(27)30-2)18(20(28)31-3)26(25-17)12-8-5-4-6-9-12/h4-11H,1-3H3. The van der Waals surface area contributed by atoms with E-state index in [1.807, 2.05) is 0 Å². The molecule has 0 aliphatic carbocycles. The van der Waals surface area contributed by atoms with E-state index >= 15 is 0 Å². The predicted molar refractivity (Wildman–Crippen MR) is 103 cm³/mol. The van der Waals surface area contributed by atoms with Crippen molar-refractivity contribution in [3.63, 3.8) is 0 Å². The molecule has 0 unspecified atom stereocenters. The maximum atomic E-state index is 13.9. The van der Waals surface area contributed by atoms with Crippen LogP contribution in [0.1, 0.15) is 26.4 Å². The molecule has 7 nitrogen and oxygen atoms in total. The van der Waals surface area contributed by atoms with E-state index in [1.165, 1.54) is 6.07 Å². The van der Waals surface area contributed by atoms with Gasteiger partial charge in [-0.2, -0.15) is 18.3 Å². The molecule has 2 aromatic carbocycles. The minimum Gasteiger partial charge on any atom is -0.496 e. The quantitative estimate of drug-likeness (QED) is 0.562. The summed E-state index contributed by atoms with van der Waals surface area (Å²) in [7, 11) is 3.22. The van der Waals surface area contributed by atoms with Crippen LogP contribution in [0.25, 0.3) is 16.9 Å². The van der Waals surface area contributed by atoms with Gasteiger partial charge in [-0.15, -0.1) is 0 Å². The molecule has 0 spiro atoms. The van der Waals surface area contributed by atoms with Crippen molar-refractivity contribution >= 4 is 11.9 Å². The molecule has 1 heterocycles. The minimum atomic E-state index is -4.84. The molecule has 0 N–H and O–H groups in total. The molecule has 0 saturated carbocycles. The van der Waals surface area contributed by atoms with Crippen LogP contribution in [0.3, 0.4) is 0 Å². The molecule has 0 fully saturated rings. The Bertz CT molecular complexity index is 1120. The molecular weight excluding hydrogens is 417 g/mol. The monoisotopic (exact) mass is 434 g/mol. The first-order chi connectivity index (χ1) is 14.7. The summed E-state index contributed by atoms with van der Waals surface area (Å²) in [5, 5.41) is 4.20. The number of rotatable bonds is 5. The maximum Gasteiger partial charge on any atom is 0.420 e. The van der Waals surface area contributed by atoms with Gasteiger partial charge in [0, 0.05) is 5.56 Å². The van der Waals surface area contributed by atoms with E-state index in [0.29, 0.717) is 5.69 Å². The Morgan fingerprint density at radius 2 is 1.55 bits per heavy atom. The first kappa shape index (κ1) is 21.9. The highest BCUT2D eigenvalue weighted by molar-refractivity contribution is 6.07. The molecule has 31 heavy (non-hydrogen) atoms. The van der Waals surface area contributed by atoms with Gasteiger partial charge in [-0.1, -0.05) is 30.3 Å². The number of nitrogens with zero attached hydrogens (tertiary/aromatic N) is 2. The summed E-state index contributed by atoms with van der Waals surface area (Å²) in [6.07, 6.45) is -4.84. The summed E-state index contributed by atoms with van der Waals surface area (Å²) in [6, 6.07) is 11.7. The van der Waals surface area contributed by atoms with Gasteiger partial charge in [0.15, 0.2) is 5.69 Å². The van der Waals surface area contributed by atoms with Crippen LogP contribution in [0.2, 0.25) is 0 Å². The van der Waals surface area contributed by atoms with Gasteiger partial charge in [-0.3, -0.25) is 0 Å². The van der Waals surface area contributed by atoms with E-state index in [2.05, 4.69) is 5.10 Å². The van der Waals surface area contributed by atoms with E-state index in [1.54, 1.807) is 30.3 Å². The topological polar surface area (TPSA) is 79.7 Å². The third kappa shape index (κ3) is 3.96. The second kappa shape index (κ2) is 8.50. The molecule has 0 amide bonds. The second-order valence-corrected chi connectivity index (χ2v) is 6.18. The summed E-state index contributed by atoms with van der Waals surface area (Å²) < 4.78 is 57.2. The maximum absolute atomic E-state index is 13.9. The normalized spacial score (nSPS) is 11.2. The van der Waals surface area contributed by atoms with Crippen molar-refractivity contribution in [3.8, 4) is 22.7 Å². The summed E-state index contributed by atoms with van der Waals surface area (Å²) in [4.78, 5) is 25.2. The molecule has 1 aromatic heterocycles. The lowest BCUT2D eigenvalue weighted by Gasteiger charge is -2.16. The first-order valence-corrected chi connectivity index (χ1v) is 8.84. The Morgan fingerprint density at radius 3 is 2.10 bits per heavy atom. The van der Waals surface area contributed by atoms with E-state index < -0.39 is 46.2 Å². The number of benzene rings is 2. The van der Waals surface area contributed by atoms with Crippen molar-refractivity contribution in [1.29, 1.82) is 0 Å². The Kier molecular flexibility index (Phi) is 6.00. The molecule has 0 aliphatic heterocycles. The van der Waals surface area contributed by atoms with Gasteiger partial charge in [0.1, 0.15) is 22.6 Å².